The molecule has 1 N–H and O–H groups in total. The third-order valence-electron chi connectivity index (χ3n) is 4.34. The van der Waals surface area contributed by atoms with Crippen molar-refractivity contribution in [1.29, 1.82) is 0 Å². The summed E-state index contributed by atoms with van der Waals surface area (Å²) in [5.74, 6) is 0.191. The zero-order chi connectivity index (χ0) is 22.3. The van der Waals surface area contributed by atoms with Gasteiger partial charge in [0.25, 0.3) is 0 Å². The molecule has 0 fully saturated rings. The van der Waals surface area contributed by atoms with Crippen LogP contribution in [0.2, 0.25) is 5.02 Å². The van der Waals surface area contributed by atoms with Gasteiger partial charge in [0.1, 0.15) is 11.9 Å². The number of hydrogen-bond donors (Lipinski definition) is 1. The van der Waals surface area contributed by atoms with E-state index in [0.717, 1.165) is 11.1 Å². The molecule has 162 valence electrons. The molecule has 0 aliphatic carbocycles. The van der Waals surface area contributed by atoms with Crippen LogP contribution < -0.4 is 5.32 Å². The molecule has 1 unspecified atom stereocenters. The summed E-state index contributed by atoms with van der Waals surface area (Å²) in [6, 6.07) is 12.8. The molecule has 2 rings (SSSR count). The summed E-state index contributed by atoms with van der Waals surface area (Å²) in [5.41, 5.74) is 1.43. The molecule has 0 radical (unpaired) electrons. The molecular formula is C23H28ClFN2O2S. The van der Waals surface area contributed by atoms with Crippen LogP contribution in [0, 0.1) is 5.82 Å². The van der Waals surface area contributed by atoms with Crippen molar-refractivity contribution in [3.63, 3.8) is 0 Å². The quantitative estimate of drug-likeness (QED) is 0.612. The number of amides is 2. The minimum absolute atomic E-state index is 0.144. The van der Waals surface area contributed by atoms with E-state index in [1.54, 1.807) is 24.0 Å². The molecule has 0 aliphatic heterocycles. The van der Waals surface area contributed by atoms with E-state index in [4.69, 9.17) is 11.6 Å². The van der Waals surface area contributed by atoms with Crippen LogP contribution in [-0.2, 0) is 21.9 Å². The summed E-state index contributed by atoms with van der Waals surface area (Å²) in [4.78, 5) is 27.2. The van der Waals surface area contributed by atoms with E-state index in [-0.39, 0.29) is 29.9 Å². The second kappa shape index (κ2) is 10.8. The van der Waals surface area contributed by atoms with Crippen molar-refractivity contribution in [2.24, 2.45) is 0 Å². The highest BCUT2D eigenvalue weighted by atomic mass is 35.5. The summed E-state index contributed by atoms with van der Waals surface area (Å²) >= 11 is 7.38. The fourth-order valence-corrected chi connectivity index (χ4v) is 3.76. The average molecular weight is 451 g/mol. The molecule has 0 saturated heterocycles. The average Bonchev–Trinajstić information content (AvgIpc) is 2.67. The van der Waals surface area contributed by atoms with E-state index >= 15 is 0 Å². The number of carbonyl (C=O) groups excluding carboxylic acids is 2. The van der Waals surface area contributed by atoms with E-state index in [9.17, 15) is 14.0 Å². The first kappa shape index (κ1) is 24.2. The number of hydrogen-bond acceptors (Lipinski definition) is 3. The first-order chi connectivity index (χ1) is 14.0. The standard InChI is InChI=1S/C23H28ClFN2O2S/c1-16(22(29)26-23(2,3)4)27(13-17-7-11-20(25)12-8-17)21(28)15-30-14-18-5-9-19(24)10-6-18/h5-12,16H,13-15H2,1-4H3,(H,26,29). The van der Waals surface area contributed by atoms with Crippen molar-refractivity contribution >= 4 is 35.2 Å². The van der Waals surface area contributed by atoms with Crippen LogP contribution in [0.5, 0.6) is 0 Å². The van der Waals surface area contributed by atoms with Crippen LogP contribution in [0.3, 0.4) is 0 Å². The Balaban J connectivity index is 2.08. The molecular weight excluding hydrogens is 423 g/mol. The maximum Gasteiger partial charge on any atom is 0.242 e. The lowest BCUT2D eigenvalue weighted by molar-refractivity contribution is -0.139. The summed E-state index contributed by atoms with van der Waals surface area (Å²) in [5, 5.41) is 3.59. The lowest BCUT2D eigenvalue weighted by Crippen LogP contribution is -2.52. The Morgan fingerprint density at radius 1 is 1.07 bits per heavy atom. The van der Waals surface area contributed by atoms with E-state index in [1.165, 1.54) is 23.9 Å². The lowest BCUT2D eigenvalue weighted by atomic mass is 10.1. The van der Waals surface area contributed by atoms with Gasteiger partial charge in [-0.1, -0.05) is 35.9 Å². The van der Waals surface area contributed by atoms with Gasteiger partial charge in [-0.2, -0.15) is 0 Å². The summed E-state index contributed by atoms with van der Waals surface area (Å²) < 4.78 is 13.3. The Morgan fingerprint density at radius 3 is 2.20 bits per heavy atom. The maximum atomic E-state index is 13.3. The third-order valence-corrected chi connectivity index (χ3v) is 5.58. The SMILES string of the molecule is CC(C(=O)NC(C)(C)C)N(Cc1ccc(F)cc1)C(=O)CSCc1ccc(Cl)cc1. The van der Waals surface area contributed by atoms with Crippen molar-refractivity contribution in [3.8, 4) is 0 Å². The predicted octanol–water partition coefficient (Wildman–Crippen LogP) is 5.04. The van der Waals surface area contributed by atoms with Crippen LogP contribution in [0.15, 0.2) is 48.5 Å². The first-order valence-electron chi connectivity index (χ1n) is 9.73. The van der Waals surface area contributed by atoms with Crippen LogP contribution >= 0.6 is 23.4 Å². The van der Waals surface area contributed by atoms with Gasteiger partial charge in [-0.15, -0.1) is 11.8 Å². The predicted molar refractivity (Wildman–Crippen MR) is 122 cm³/mol. The van der Waals surface area contributed by atoms with Crippen LogP contribution in [0.25, 0.3) is 0 Å². The fraction of sp³-hybridized carbons (Fsp3) is 0.391. The van der Waals surface area contributed by atoms with Crippen molar-refractivity contribution < 1.29 is 14.0 Å². The number of carbonyl (C=O) groups is 2. The lowest BCUT2D eigenvalue weighted by Gasteiger charge is -2.31. The van der Waals surface area contributed by atoms with E-state index in [2.05, 4.69) is 5.32 Å². The number of benzene rings is 2. The van der Waals surface area contributed by atoms with Gasteiger partial charge in [-0.05, 0) is 63.1 Å². The minimum Gasteiger partial charge on any atom is -0.350 e. The normalized spacial score (nSPS) is 12.3. The topological polar surface area (TPSA) is 49.4 Å². The zero-order valence-electron chi connectivity index (χ0n) is 17.7. The van der Waals surface area contributed by atoms with Gasteiger partial charge in [0.15, 0.2) is 0 Å². The number of thioether (sulfide) groups is 1. The highest BCUT2D eigenvalue weighted by Crippen LogP contribution is 2.18. The van der Waals surface area contributed by atoms with Gasteiger partial charge < -0.3 is 10.2 Å². The van der Waals surface area contributed by atoms with Crippen LogP contribution in [-0.4, -0.2) is 34.0 Å². The third kappa shape index (κ3) is 8.00. The second-order valence-corrected chi connectivity index (χ2v) is 9.60. The largest absolute Gasteiger partial charge is 0.350 e. The maximum absolute atomic E-state index is 13.3. The summed E-state index contributed by atoms with van der Waals surface area (Å²) in [7, 11) is 0. The first-order valence-corrected chi connectivity index (χ1v) is 11.3. The van der Waals surface area contributed by atoms with Gasteiger partial charge >= 0.3 is 0 Å². The Hall–Kier alpha value is -2.05. The van der Waals surface area contributed by atoms with E-state index < -0.39 is 11.6 Å². The molecule has 2 amide bonds. The Bertz CT molecular complexity index is 851. The van der Waals surface area contributed by atoms with Gasteiger partial charge in [0, 0.05) is 22.9 Å². The van der Waals surface area contributed by atoms with E-state index in [1.807, 2.05) is 45.0 Å². The van der Waals surface area contributed by atoms with Crippen LogP contribution in [0.4, 0.5) is 4.39 Å². The Kier molecular flexibility index (Phi) is 8.74. The van der Waals surface area contributed by atoms with Gasteiger partial charge in [0.05, 0.1) is 5.75 Å². The monoisotopic (exact) mass is 450 g/mol. The van der Waals surface area contributed by atoms with Crippen molar-refractivity contribution in [2.45, 2.75) is 51.6 Å². The second-order valence-electron chi connectivity index (χ2n) is 8.18. The van der Waals surface area contributed by atoms with Gasteiger partial charge in [-0.3, -0.25) is 9.59 Å². The number of rotatable bonds is 8. The molecule has 0 saturated carbocycles. The molecule has 30 heavy (non-hydrogen) atoms. The number of halogens is 2. The zero-order valence-corrected chi connectivity index (χ0v) is 19.3. The van der Waals surface area contributed by atoms with Crippen LogP contribution in [0.1, 0.15) is 38.8 Å². The van der Waals surface area contributed by atoms with Crippen molar-refractivity contribution in [2.75, 3.05) is 5.75 Å². The molecule has 1 atom stereocenters. The molecule has 7 heteroatoms. The van der Waals surface area contributed by atoms with Gasteiger partial charge in [0.2, 0.25) is 11.8 Å². The molecule has 0 spiro atoms. The fourth-order valence-electron chi connectivity index (χ4n) is 2.76. The van der Waals surface area contributed by atoms with Crippen molar-refractivity contribution in [3.05, 3.63) is 70.5 Å². The van der Waals surface area contributed by atoms with E-state index in [0.29, 0.717) is 10.8 Å². The summed E-state index contributed by atoms with van der Waals surface area (Å²) in [6.07, 6.45) is 0. The molecule has 0 aromatic heterocycles. The molecule has 0 heterocycles. The highest BCUT2D eigenvalue weighted by Gasteiger charge is 2.28. The number of nitrogens with one attached hydrogen (secondary N) is 1. The minimum atomic E-state index is -0.655. The highest BCUT2D eigenvalue weighted by molar-refractivity contribution is 7.99. The Labute approximate surface area is 187 Å². The summed E-state index contributed by atoms with van der Waals surface area (Å²) in [6.45, 7) is 7.63. The molecule has 2 aromatic carbocycles. The Morgan fingerprint density at radius 2 is 1.63 bits per heavy atom. The number of nitrogens with zero attached hydrogens (tertiary/aromatic N) is 1. The smallest absolute Gasteiger partial charge is 0.242 e. The molecule has 4 nitrogen and oxygen atoms in total. The molecule has 0 aliphatic rings. The van der Waals surface area contributed by atoms with Gasteiger partial charge in [-0.25, -0.2) is 4.39 Å². The molecule has 0 bridgehead atoms. The van der Waals surface area contributed by atoms with Crippen molar-refractivity contribution in [1.82, 2.24) is 10.2 Å². The molecule has 2 aromatic rings.